The molecule has 0 atom stereocenters. The van der Waals surface area contributed by atoms with Gasteiger partial charge in [-0.1, -0.05) is 12.1 Å². The van der Waals surface area contributed by atoms with Crippen LogP contribution in [0.3, 0.4) is 0 Å². The van der Waals surface area contributed by atoms with Crippen LogP contribution in [0.2, 0.25) is 0 Å². The molecule has 0 bridgehead atoms. The minimum Gasteiger partial charge on any atom is -0.497 e. The van der Waals surface area contributed by atoms with Crippen molar-refractivity contribution in [3.8, 4) is 5.75 Å². The molecule has 0 radical (unpaired) electrons. The molecule has 1 amide bonds. The van der Waals surface area contributed by atoms with Gasteiger partial charge in [0.15, 0.2) is 0 Å². The van der Waals surface area contributed by atoms with Crippen LogP contribution in [0.1, 0.15) is 15.9 Å². The van der Waals surface area contributed by atoms with E-state index in [9.17, 15) is 4.79 Å². The van der Waals surface area contributed by atoms with Gasteiger partial charge >= 0.3 is 0 Å². The van der Waals surface area contributed by atoms with Crippen LogP contribution in [0.25, 0.3) is 0 Å². The number of carbonyl (C=O) groups excluding carboxylic acids is 1. The molecule has 0 unspecified atom stereocenters. The number of amides is 1. The third-order valence-electron chi connectivity index (χ3n) is 3.10. The smallest absolute Gasteiger partial charge is 0.255 e. The van der Waals surface area contributed by atoms with Crippen molar-refractivity contribution in [3.63, 3.8) is 0 Å². The summed E-state index contributed by atoms with van der Waals surface area (Å²) in [4.78, 5) is 12.2. The zero-order valence-electron chi connectivity index (χ0n) is 11.9. The molecular formula is C16H18N2O2. The van der Waals surface area contributed by atoms with E-state index in [1.807, 2.05) is 50.4 Å². The van der Waals surface area contributed by atoms with Crippen LogP contribution in [-0.2, 0) is 0 Å². The van der Waals surface area contributed by atoms with Crippen molar-refractivity contribution >= 4 is 17.3 Å². The average Bonchev–Trinajstić information content (AvgIpc) is 2.47. The van der Waals surface area contributed by atoms with Gasteiger partial charge in [0, 0.05) is 30.1 Å². The number of hydrogen-bond acceptors (Lipinski definition) is 3. The second kappa shape index (κ2) is 6.10. The molecule has 104 valence electrons. The van der Waals surface area contributed by atoms with Gasteiger partial charge in [-0.05, 0) is 36.8 Å². The highest BCUT2D eigenvalue weighted by atomic mass is 16.5. The molecule has 0 aliphatic heterocycles. The molecular weight excluding hydrogens is 252 g/mol. The van der Waals surface area contributed by atoms with Crippen molar-refractivity contribution in [2.24, 2.45) is 0 Å². The summed E-state index contributed by atoms with van der Waals surface area (Å²) < 4.78 is 5.13. The lowest BCUT2D eigenvalue weighted by molar-refractivity contribution is 0.102. The standard InChI is InChI=1S/C16H18N2O2/c1-11-7-8-12(9-15(11)17-2)16(19)18-13-5-4-6-14(10-13)20-3/h4-10,17H,1-3H3,(H,18,19). The summed E-state index contributed by atoms with van der Waals surface area (Å²) in [5.74, 6) is 0.567. The van der Waals surface area contributed by atoms with Gasteiger partial charge in [0.1, 0.15) is 5.75 Å². The van der Waals surface area contributed by atoms with Crippen LogP contribution in [-0.4, -0.2) is 20.1 Å². The number of aryl methyl sites for hydroxylation is 1. The normalized spacial score (nSPS) is 9.95. The van der Waals surface area contributed by atoms with Crippen molar-refractivity contribution in [2.45, 2.75) is 6.92 Å². The Bertz CT molecular complexity index is 624. The number of anilines is 2. The predicted molar refractivity (Wildman–Crippen MR) is 81.7 cm³/mol. The third-order valence-corrected chi connectivity index (χ3v) is 3.10. The maximum Gasteiger partial charge on any atom is 0.255 e. The fourth-order valence-corrected chi connectivity index (χ4v) is 1.94. The van der Waals surface area contributed by atoms with E-state index in [4.69, 9.17) is 4.74 Å². The minimum absolute atomic E-state index is 0.144. The highest BCUT2D eigenvalue weighted by Crippen LogP contribution is 2.20. The van der Waals surface area contributed by atoms with Crippen LogP contribution in [0.15, 0.2) is 42.5 Å². The number of ether oxygens (including phenoxy) is 1. The lowest BCUT2D eigenvalue weighted by Gasteiger charge is -2.10. The van der Waals surface area contributed by atoms with E-state index >= 15 is 0 Å². The van der Waals surface area contributed by atoms with Gasteiger partial charge in [-0.3, -0.25) is 4.79 Å². The van der Waals surface area contributed by atoms with Crippen molar-refractivity contribution < 1.29 is 9.53 Å². The molecule has 20 heavy (non-hydrogen) atoms. The summed E-state index contributed by atoms with van der Waals surface area (Å²) in [6.45, 7) is 2.00. The highest BCUT2D eigenvalue weighted by molar-refractivity contribution is 6.05. The lowest BCUT2D eigenvalue weighted by atomic mass is 10.1. The predicted octanol–water partition coefficient (Wildman–Crippen LogP) is 3.30. The first-order chi connectivity index (χ1) is 9.63. The number of hydrogen-bond donors (Lipinski definition) is 2. The molecule has 0 heterocycles. The molecule has 0 aliphatic carbocycles. The Labute approximate surface area is 118 Å². The Morgan fingerprint density at radius 1 is 1.15 bits per heavy atom. The number of nitrogens with one attached hydrogen (secondary N) is 2. The van der Waals surface area contributed by atoms with Gasteiger partial charge in [-0.15, -0.1) is 0 Å². The molecule has 0 spiro atoms. The molecule has 0 aliphatic rings. The lowest BCUT2D eigenvalue weighted by Crippen LogP contribution is -2.12. The Balaban J connectivity index is 2.19. The first-order valence-corrected chi connectivity index (χ1v) is 6.38. The van der Waals surface area contributed by atoms with E-state index in [1.165, 1.54) is 0 Å². The second-order valence-electron chi connectivity index (χ2n) is 4.47. The molecule has 0 fully saturated rings. The highest BCUT2D eigenvalue weighted by Gasteiger charge is 2.08. The Morgan fingerprint density at radius 2 is 1.95 bits per heavy atom. The summed E-state index contributed by atoms with van der Waals surface area (Å²) in [6.07, 6.45) is 0. The van der Waals surface area contributed by atoms with Crippen LogP contribution in [0, 0.1) is 6.92 Å². The number of rotatable bonds is 4. The SMILES string of the molecule is CNc1cc(C(=O)Nc2cccc(OC)c2)ccc1C. The number of benzene rings is 2. The van der Waals surface area contributed by atoms with E-state index in [2.05, 4.69) is 10.6 Å². The van der Waals surface area contributed by atoms with Crippen molar-refractivity contribution in [1.82, 2.24) is 0 Å². The zero-order valence-corrected chi connectivity index (χ0v) is 11.9. The Kier molecular flexibility index (Phi) is 4.25. The summed E-state index contributed by atoms with van der Waals surface area (Å²) in [5, 5.41) is 5.93. The molecule has 0 aromatic heterocycles. The summed E-state index contributed by atoms with van der Waals surface area (Å²) in [7, 11) is 3.44. The van der Waals surface area contributed by atoms with Gasteiger partial charge in [-0.2, -0.15) is 0 Å². The van der Waals surface area contributed by atoms with E-state index in [0.29, 0.717) is 17.0 Å². The zero-order chi connectivity index (χ0) is 14.5. The topological polar surface area (TPSA) is 50.4 Å². The first-order valence-electron chi connectivity index (χ1n) is 6.38. The number of methoxy groups -OCH3 is 1. The molecule has 2 rings (SSSR count). The summed E-state index contributed by atoms with van der Waals surface area (Å²) >= 11 is 0. The van der Waals surface area contributed by atoms with E-state index in [0.717, 1.165) is 11.3 Å². The maximum absolute atomic E-state index is 12.2. The largest absolute Gasteiger partial charge is 0.497 e. The monoisotopic (exact) mass is 270 g/mol. The van der Waals surface area contributed by atoms with E-state index in [-0.39, 0.29) is 5.91 Å². The first kappa shape index (κ1) is 13.9. The molecule has 4 heteroatoms. The Hall–Kier alpha value is -2.49. The van der Waals surface area contributed by atoms with Gasteiger partial charge in [-0.25, -0.2) is 0 Å². The van der Waals surface area contributed by atoms with Crippen molar-refractivity contribution in [1.29, 1.82) is 0 Å². The molecule has 2 aromatic carbocycles. The molecule has 4 nitrogen and oxygen atoms in total. The van der Waals surface area contributed by atoms with Crippen molar-refractivity contribution in [2.75, 3.05) is 24.8 Å². The van der Waals surface area contributed by atoms with Crippen molar-refractivity contribution in [3.05, 3.63) is 53.6 Å². The number of carbonyl (C=O) groups is 1. The van der Waals surface area contributed by atoms with E-state index in [1.54, 1.807) is 13.2 Å². The quantitative estimate of drug-likeness (QED) is 0.896. The van der Waals surface area contributed by atoms with Gasteiger partial charge in [0.25, 0.3) is 5.91 Å². The summed E-state index contributed by atoms with van der Waals surface area (Å²) in [5.41, 5.74) is 3.37. The van der Waals surface area contributed by atoms with Gasteiger partial charge < -0.3 is 15.4 Å². The fraction of sp³-hybridized carbons (Fsp3) is 0.188. The Morgan fingerprint density at radius 3 is 2.65 bits per heavy atom. The van der Waals surface area contributed by atoms with Crippen LogP contribution in [0.5, 0.6) is 5.75 Å². The fourth-order valence-electron chi connectivity index (χ4n) is 1.94. The van der Waals surface area contributed by atoms with Crippen LogP contribution in [0.4, 0.5) is 11.4 Å². The maximum atomic E-state index is 12.2. The van der Waals surface area contributed by atoms with Gasteiger partial charge in [0.05, 0.1) is 7.11 Å². The minimum atomic E-state index is -0.144. The van der Waals surface area contributed by atoms with Gasteiger partial charge in [0.2, 0.25) is 0 Å². The molecule has 2 aromatic rings. The molecule has 2 N–H and O–H groups in total. The van der Waals surface area contributed by atoms with Crippen LogP contribution < -0.4 is 15.4 Å². The molecule has 0 saturated carbocycles. The second-order valence-corrected chi connectivity index (χ2v) is 4.47. The van der Waals surface area contributed by atoms with Crippen LogP contribution >= 0.6 is 0 Å². The molecule has 0 saturated heterocycles. The summed E-state index contributed by atoms with van der Waals surface area (Å²) in [6, 6.07) is 12.9. The average molecular weight is 270 g/mol. The third kappa shape index (κ3) is 3.09. The van der Waals surface area contributed by atoms with E-state index < -0.39 is 0 Å².